The minimum absolute atomic E-state index is 0.0260. The predicted octanol–water partition coefficient (Wildman–Crippen LogP) is 2.74. The first-order valence-corrected chi connectivity index (χ1v) is 8.42. The lowest BCUT2D eigenvalue weighted by atomic mass is 9.95. The van der Waals surface area contributed by atoms with Gasteiger partial charge in [-0.25, -0.2) is 0 Å². The van der Waals surface area contributed by atoms with Gasteiger partial charge >= 0.3 is 0 Å². The summed E-state index contributed by atoms with van der Waals surface area (Å²) in [5.41, 5.74) is 0.667. The molecule has 0 radical (unpaired) electrons. The fourth-order valence-corrected chi connectivity index (χ4v) is 3.57. The molecule has 0 bridgehead atoms. The third-order valence-corrected chi connectivity index (χ3v) is 4.79. The van der Waals surface area contributed by atoms with E-state index in [1.807, 2.05) is 30.3 Å². The summed E-state index contributed by atoms with van der Waals surface area (Å²) in [6, 6.07) is 9.26. The molecule has 4 heteroatoms. The number of rotatable bonds is 3. The van der Waals surface area contributed by atoms with Gasteiger partial charge in [-0.1, -0.05) is 37.5 Å². The highest BCUT2D eigenvalue weighted by Gasteiger charge is 2.35. The van der Waals surface area contributed by atoms with Crippen molar-refractivity contribution in [2.45, 2.75) is 57.0 Å². The van der Waals surface area contributed by atoms with Gasteiger partial charge in [0, 0.05) is 18.2 Å². The van der Waals surface area contributed by atoms with Crippen LogP contribution in [0, 0.1) is 0 Å². The van der Waals surface area contributed by atoms with E-state index in [0.29, 0.717) is 18.2 Å². The zero-order chi connectivity index (χ0) is 15.4. The van der Waals surface area contributed by atoms with Crippen LogP contribution in [0.1, 0.15) is 55.3 Å². The van der Waals surface area contributed by atoms with Crippen molar-refractivity contribution in [3.63, 3.8) is 0 Å². The quantitative estimate of drug-likeness (QED) is 0.933. The monoisotopic (exact) mass is 300 g/mol. The summed E-state index contributed by atoms with van der Waals surface area (Å²) < 4.78 is 0. The minimum atomic E-state index is -0.297. The summed E-state index contributed by atoms with van der Waals surface area (Å²) in [4.78, 5) is 26.9. The Morgan fingerprint density at radius 3 is 2.41 bits per heavy atom. The van der Waals surface area contributed by atoms with Crippen molar-refractivity contribution in [1.82, 2.24) is 10.2 Å². The molecule has 0 spiro atoms. The zero-order valence-electron chi connectivity index (χ0n) is 13.0. The summed E-state index contributed by atoms with van der Waals surface area (Å²) in [6.07, 6.45) is 7.49. The molecule has 2 fully saturated rings. The van der Waals surface area contributed by atoms with Gasteiger partial charge in [-0.15, -0.1) is 0 Å². The Kier molecular flexibility index (Phi) is 4.76. The van der Waals surface area contributed by atoms with Crippen LogP contribution in [0.5, 0.6) is 0 Å². The van der Waals surface area contributed by atoms with E-state index in [4.69, 9.17) is 0 Å². The van der Waals surface area contributed by atoms with Gasteiger partial charge in [0.05, 0.1) is 0 Å². The highest BCUT2D eigenvalue weighted by Crippen LogP contribution is 2.22. The van der Waals surface area contributed by atoms with Crippen molar-refractivity contribution in [2.24, 2.45) is 0 Å². The van der Waals surface area contributed by atoms with Crippen molar-refractivity contribution in [1.29, 1.82) is 0 Å². The molecule has 2 aliphatic rings. The molecule has 118 valence electrons. The molecule has 1 aromatic carbocycles. The molecule has 2 amide bonds. The summed E-state index contributed by atoms with van der Waals surface area (Å²) in [5.74, 6) is 0.00979. The average molecular weight is 300 g/mol. The Balaban J connectivity index is 1.64. The van der Waals surface area contributed by atoms with Gasteiger partial charge in [0.15, 0.2) is 0 Å². The number of nitrogens with zero attached hydrogens (tertiary/aromatic N) is 1. The molecule has 1 aliphatic carbocycles. The zero-order valence-corrected chi connectivity index (χ0v) is 13.0. The number of benzene rings is 1. The Morgan fingerprint density at radius 2 is 1.68 bits per heavy atom. The number of carbonyl (C=O) groups excluding carboxylic acids is 2. The van der Waals surface area contributed by atoms with Crippen LogP contribution in [-0.4, -0.2) is 35.3 Å². The van der Waals surface area contributed by atoms with E-state index in [0.717, 1.165) is 25.7 Å². The lowest BCUT2D eigenvalue weighted by Gasteiger charge is -2.28. The highest BCUT2D eigenvalue weighted by molar-refractivity contribution is 5.97. The molecule has 22 heavy (non-hydrogen) atoms. The first-order valence-electron chi connectivity index (χ1n) is 8.42. The normalized spacial score (nSPS) is 22.5. The van der Waals surface area contributed by atoms with E-state index in [-0.39, 0.29) is 17.9 Å². The number of likely N-dealkylation sites (tertiary alicyclic amines) is 1. The second-order valence-corrected chi connectivity index (χ2v) is 6.37. The van der Waals surface area contributed by atoms with Crippen LogP contribution >= 0.6 is 0 Å². The highest BCUT2D eigenvalue weighted by atomic mass is 16.2. The lowest BCUT2D eigenvalue weighted by Crippen LogP contribution is -2.49. The minimum Gasteiger partial charge on any atom is -0.352 e. The largest absolute Gasteiger partial charge is 0.352 e. The van der Waals surface area contributed by atoms with E-state index in [1.165, 1.54) is 19.3 Å². The topological polar surface area (TPSA) is 49.4 Å². The van der Waals surface area contributed by atoms with Gasteiger partial charge in [0.25, 0.3) is 5.91 Å². The Morgan fingerprint density at radius 1 is 0.955 bits per heavy atom. The van der Waals surface area contributed by atoms with E-state index in [2.05, 4.69) is 5.32 Å². The smallest absolute Gasteiger partial charge is 0.254 e. The van der Waals surface area contributed by atoms with Gasteiger partial charge in [-0.05, 0) is 37.8 Å². The average Bonchev–Trinajstić information content (AvgIpc) is 3.05. The molecule has 1 N–H and O–H groups in total. The first kappa shape index (κ1) is 15.1. The van der Waals surface area contributed by atoms with E-state index in [1.54, 1.807) is 4.90 Å². The molecule has 1 saturated heterocycles. The standard InChI is InChI=1S/C18H24N2O2/c21-17(19-15-10-5-2-6-11-15)16-12-7-13-20(16)18(22)14-8-3-1-4-9-14/h1,3-4,8-9,15-16H,2,5-7,10-13H2,(H,19,21)/t16-/m1/s1. The fraction of sp³-hybridized carbons (Fsp3) is 0.556. The SMILES string of the molecule is O=C(NC1CCCCC1)[C@H]1CCCN1C(=O)c1ccccc1. The summed E-state index contributed by atoms with van der Waals surface area (Å²) >= 11 is 0. The Hall–Kier alpha value is -1.84. The number of hydrogen-bond donors (Lipinski definition) is 1. The van der Waals surface area contributed by atoms with Crippen LogP contribution in [0.2, 0.25) is 0 Å². The number of amides is 2. The fourth-order valence-electron chi connectivity index (χ4n) is 3.57. The van der Waals surface area contributed by atoms with Crippen LogP contribution in [0.15, 0.2) is 30.3 Å². The molecule has 1 aromatic rings. The van der Waals surface area contributed by atoms with Crippen LogP contribution in [-0.2, 0) is 4.79 Å². The number of hydrogen-bond acceptors (Lipinski definition) is 2. The maximum atomic E-state index is 12.6. The van der Waals surface area contributed by atoms with Crippen LogP contribution in [0.25, 0.3) is 0 Å². The second kappa shape index (κ2) is 6.95. The van der Waals surface area contributed by atoms with Crippen LogP contribution in [0.4, 0.5) is 0 Å². The lowest BCUT2D eigenvalue weighted by molar-refractivity contribution is -0.125. The van der Waals surface area contributed by atoms with Crippen molar-refractivity contribution in [2.75, 3.05) is 6.54 Å². The van der Waals surface area contributed by atoms with Gasteiger partial charge < -0.3 is 10.2 Å². The summed E-state index contributed by atoms with van der Waals surface area (Å²) in [7, 11) is 0. The Labute approximate surface area is 131 Å². The summed E-state index contributed by atoms with van der Waals surface area (Å²) in [6.45, 7) is 0.677. The van der Waals surface area contributed by atoms with Gasteiger partial charge in [-0.3, -0.25) is 9.59 Å². The molecule has 0 unspecified atom stereocenters. The summed E-state index contributed by atoms with van der Waals surface area (Å²) in [5, 5.41) is 3.16. The molecule has 1 saturated carbocycles. The molecular formula is C18H24N2O2. The maximum absolute atomic E-state index is 12.6. The van der Waals surface area contributed by atoms with Gasteiger partial charge in [-0.2, -0.15) is 0 Å². The maximum Gasteiger partial charge on any atom is 0.254 e. The molecule has 1 atom stereocenters. The molecule has 1 heterocycles. The number of carbonyl (C=O) groups is 2. The van der Waals surface area contributed by atoms with Crippen molar-refractivity contribution in [3.8, 4) is 0 Å². The van der Waals surface area contributed by atoms with Gasteiger partial charge in [0.1, 0.15) is 6.04 Å². The van der Waals surface area contributed by atoms with E-state index < -0.39 is 0 Å². The molecule has 1 aliphatic heterocycles. The Bertz CT molecular complexity index is 523. The van der Waals surface area contributed by atoms with Crippen LogP contribution in [0.3, 0.4) is 0 Å². The second-order valence-electron chi connectivity index (χ2n) is 6.37. The molecule has 0 aromatic heterocycles. The molecule has 4 nitrogen and oxygen atoms in total. The third kappa shape index (κ3) is 3.32. The van der Waals surface area contributed by atoms with Crippen molar-refractivity contribution < 1.29 is 9.59 Å². The third-order valence-electron chi connectivity index (χ3n) is 4.79. The van der Waals surface area contributed by atoms with Crippen molar-refractivity contribution >= 4 is 11.8 Å². The van der Waals surface area contributed by atoms with E-state index >= 15 is 0 Å². The molecular weight excluding hydrogens is 276 g/mol. The van der Waals surface area contributed by atoms with Gasteiger partial charge in [0.2, 0.25) is 5.91 Å². The van der Waals surface area contributed by atoms with Crippen molar-refractivity contribution in [3.05, 3.63) is 35.9 Å². The predicted molar refractivity (Wildman–Crippen MR) is 85.5 cm³/mol. The molecule has 3 rings (SSSR count). The first-order chi connectivity index (χ1) is 10.8. The number of nitrogens with one attached hydrogen (secondary N) is 1. The van der Waals surface area contributed by atoms with Crippen LogP contribution < -0.4 is 5.32 Å². The van der Waals surface area contributed by atoms with E-state index in [9.17, 15) is 9.59 Å².